The molecule has 0 heterocycles. The number of alkyl halides is 3. The molecule has 31 heavy (non-hydrogen) atoms. The molecule has 1 saturated carbocycles. The van der Waals surface area contributed by atoms with Crippen LogP contribution in [-0.2, 0) is 24.3 Å². The normalized spacial score (nSPS) is 21.6. The lowest BCUT2D eigenvalue weighted by Gasteiger charge is -2.39. The van der Waals surface area contributed by atoms with E-state index in [0.29, 0.717) is 25.7 Å². The maximum Gasteiger partial charge on any atom is 0.516 e. The summed E-state index contributed by atoms with van der Waals surface area (Å²) in [7, 11) is -5.77. The molecule has 1 aliphatic rings. The van der Waals surface area contributed by atoms with E-state index in [1.54, 1.807) is 0 Å². The van der Waals surface area contributed by atoms with Crippen molar-refractivity contribution in [3.63, 3.8) is 0 Å². The van der Waals surface area contributed by atoms with Crippen molar-refractivity contribution in [3.8, 4) is 0 Å². The minimum absolute atomic E-state index is 0.00999. The standard InChI is InChI=1S/C21H34F3NO5S/c1-14(2)16(13-19(4,5)6)18(27)30-20(10-7-8-15(3)12-20)11-9-17(26)25-31(28,29)21(22,23)24/h14,16H,3,7-13H2,1-2,4-6H3,(H,25,26). The number of ether oxygens (including phenoxy) is 1. The first-order valence-electron chi connectivity index (χ1n) is 10.4. The molecule has 6 nitrogen and oxygen atoms in total. The summed E-state index contributed by atoms with van der Waals surface area (Å²) in [5, 5.41) is 0. The summed E-state index contributed by atoms with van der Waals surface area (Å²) in [6.07, 6.45) is 2.07. The molecule has 2 unspecified atom stereocenters. The van der Waals surface area contributed by atoms with Crippen molar-refractivity contribution >= 4 is 21.9 Å². The van der Waals surface area contributed by atoms with Gasteiger partial charge in [-0.05, 0) is 43.4 Å². The lowest BCUT2D eigenvalue weighted by atomic mass is 9.77. The first-order chi connectivity index (χ1) is 13.9. The number of hydrogen-bond donors (Lipinski definition) is 1. The van der Waals surface area contributed by atoms with Crippen LogP contribution in [0, 0.1) is 17.3 Å². The number of carbonyl (C=O) groups excluding carboxylic acids is 2. The first-order valence-corrected chi connectivity index (χ1v) is 11.9. The van der Waals surface area contributed by atoms with E-state index >= 15 is 0 Å². The van der Waals surface area contributed by atoms with Crippen LogP contribution in [0.15, 0.2) is 12.2 Å². The monoisotopic (exact) mass is 469 g/mol. The molecule has 2 atom stereocenters. The van der Waals surface area contributed by atoms with Crippen LogP contribution in [0.4, 0.5) is 13.2 Å². The fourth-order valence-corrected chi connectivity index (χ4v) is 4.30. The summed E-state index contributed by atoms with van der Waals surface area (Å²) < 4.78 is 66.8. The smallest absolute Gasteiger partial charge is 0.458 e. The third kappa shape index (κ3) is 8.46. The van der Waals surface area contributed by atoms with Crippen molar-refractivity contribution in [2.45, 2.75) is 90.7 Å². The number of sulfonamides is 1. The zero-order valence-corrected chi connectivity index (χ0v) is 19.7. The zero-order valence-electron chi connectivity index (χ0n) is 18.9. The highest BCUT2D eigenvalue weighted by Gasteiger charge is 2.47. The van der Waals surface area contributed by atoms with Gasteiger partial charge in [0.05, 0.1) is 5.92 Å². The van der Waals surface area contributed by atoms with Gasteiger partial charge >= 0.3 is 21.5 Å². The molecule has 180 valence electrons. The Bertz CT molecular complexity index is 784. The van der Waals surface area contributed by atoms with Crippen molar-refractivity contribution in [3.05, 3.63) is 12.2 Å². The van der Waals surface area contributed by atoms with E-state index in [1.807, 2.05) is 34.6 Å². The second kappa shape index (κ2) is 9.92. The summed E-state index contributed by atoms with van der Waals surface area (Å²) in [5.74, 6) is -2.08. The Labute approximate surface area is 183 Å². The summed E-state index contributed by atoms with van der Waals surface area (Å²) in [5.41, 5.74) is -5.97. The Kier molecular flexibility index (Phi) is 8.78. The Morgan fingerprint density at radius 1 is 1.23 bits per heavy atom. The Morgan fingerprint density at radius 2 is 1.81 bits per heavy atom. The van der Waals surface area contributed by atoms with Crippen LogP contribution in [-0.4, -0.2) is 31.4 Å². The number of amides is 1. The van der Waals surface area contributed by atoms with Gasteiger partial charge in [-0.1, -0.05) is 46.8 Å². The van der Waals surface area contributed by atoms with Gasteiger partial charge in [-0.3, -0.25) is 9.59 Å². The molecule has 0 bridgehead atoms. The molecule has 1 aliphatic carbocycles. The Morgan fingerprint density at radius 3 is 2.26 bits per heavy atom. The van der Waals surface area contributed by atoms with E-state index in [1.165, 1.54) is 0 Å². The zero-order chi connectivity index (χ0) is 24.3. The van der Waals surface area contributed by atoms with Crippen LogP contribution in [0.25, 0.3) is 0 Å². The second-order valence-corrected chi connectivity index (χ2v) is 11.6. The fraction of sp³-hybridized carbons (Fsp3) is 0.810. The van der Waals surface area contributed by atoms with E-state index in [2.05, 4.69) is 6.58 Å². The fourth-order valence-electron chi connectivity index (χ4n) is 3.78. The third-order valence-corrected chi connectivity index (χ3v) is 6.46. The van der Waals surface area contributed by atoms with E-state index in [-0.39, 0.29) is 23.7 Å². The topological polar surface area (TPSA) is 89.5 Å². The largest absolute Gasteiger partial charge is 0.516 e. The molecule has 1 rings (SSSR count). The molecule has 0 aromatic carbocycles. The lowest BCUT2D eigenvalue weighted by Crippen LogP contribution is -2.44. The van der Waals surface area contributed by atoms with Crippen LogP contribution < -0.4 is 4.72 Å². The molecule has 0 spiro atoms. The van der Waals surface area contributed by atoms with Gasteiger partial charge in [-0.15, -0.1) is 0 Å². The molecule has 0 aliphatic heterocycles. The number of esters is 1. The van der Waals surface area contributed by atoms with Gasteiger partial charge in [-0.2, -0.15) is 21.6 Å². The van der Waals surface area contributed by atoms with Crippen LogP contribution in [0.1, 0.15) is 79.6 Å². The molecular formula is C21H34F3NO5S. The molecule has 1 N–H and O–H groups in total. The molecule has 0 radical (unpaired) electrons. The van der Waals surface area contributed by atoms with Gasteiger partial charge in [0, 0.05) is 12.8 Å². The van der Waals surface area contributed by atoms with Crippen molar-refractivity contribution in [1.82, 2.24) is 4.72 Å². The predicted molar refractivity (Wildman–Crippen MR) is 111 cm³/mol. The highest BCUT2D eigenvalue weighted by molar-refractivity contribution is 7.90. The summed E-state index contributed by atoms with van der Waals surface area (Å²) in [4.78, 5) is 25.0. The number of rotatable bonds is 8. The highest BCUT2D eigenvalue weighted by Crippen LogP contribution is 2.40. The minimum Gasteiger partial charge on any atom is -0.458 e. The Balaban J connectivity index is 2.98. The Hall–Kier alpha value is -1.58. The van der Waals surface area contributed by atoms with E-state index in [9.17, 15) is 31.2 Å². The molecule has 1 fully saturated rings. The van der Waals surface area contributed by atoms with Crippen LogP contribution in [0.3, 0.4) is 0 Å². The maximum atomic E-state index is 13.1. The van der Waals surface area contributed by atoms with Crippen LogP contribution in [0.5, 0.6) is 0 Å². The van der Waals surface area contributed by atoms with Gasteiger partial charge in [0.2, 0.25) is 5.91 Å². The number of nitrogens with one attached hydrogen (secondary N) is 1. The average Bonchev–Trinajstić information content (AvgIpc) is 2.55. The first kappa shape index (κ1) is 27.5. The number of hydrogen-bond acceptors (Lipinski definition) is 5. The van der Waals surface area contributed by atoms with E-state index in [4.69, 9.17) is 4.74 Å². The van der Waals surface area contributed by atoms with Gasteiger partial charge in [0.25, 0.3) is 0 Å². The average molecular weight is 470 g/mol. The molecule has 1 amide bonds. The van der Waals surface area contributed by atoms with Crippen LogP contribution in [0.2, 0.25) is 0 Å². The van der Waals surface area contributed by atoms with Crippen molar-refractivity contribution < 1.29 is 35.9 Å². The maximum absolute atomic E-state index is 13.1. The van der Waals surface area contributed by atoms with Crippen molar-refractivity contribution in [1.29, 1.82) is 0 Å². The quantitative estimate of drug-likeness (QED) is 0.405. The summed E-state index contributed by atoms with van der Waals surface area (Å²) >= 11 is 0. The second-order valence-electron chi connectivity index (χ2n) is 9.97. The highest BCUT2D eigenvalue weighted by atomic mass is 32.2. The SMILES string of the molecule is C=C1CCCC(CCC(=O)NS(=O)(=O)C(F)(F)F)(OC(=O)C(CC(C)(C)C)C(C)C)C1. The third-order valence-electron chi connectivity index (χ3n) is 5.35. The molecule has 10 heteroatoms. The number of carbonyl (C=O) groups is 2. The molecule has 0 aromatic rings. The van der Waals surface area contributed by atoms with Crippen molar-refractivity contribution in [2.24, 2.45) is 17.3 Å². The number of halogens is 3. The summed E-state index contributed by atoms with van der Waals surface area (Å²) in [6.45, 7) is 13.8. The van der Waals surface area contributed by atoms with Gasteiger partial charge < -0.3 is 4.74 Å². The molecule has 0 saturated heterocycles. The lowest BCUT2D eigenvalue weighted by molar-refractivity contribution is -0.171. The van der Waals surface area contributed by atoms with Crippen LogP contribution >= 0.6 is 0 Å². The van der Waals surface area contributed by atoms with Gasteiger partial charge in [-0.25, -0.2) is 4.72 Å². The predicted octanol–water partition coefficient (Wildman–Crippen LogP) is 4.85. The van der Waals surface area contributed by atoms with E-state index < -0.39 is 39.4 Å². The van der Waals surface area contributed by atoms with Gasteiger partial charge in [0.15, 0.2) is 0 Å². The molecule has 0 aromatic heterocycles. The van der Waals surface area contributed by atoms with Gasteiger partial charge in [0.1, 0.15) is 5.60 Å². The summed E-state index contributed by atoms with van der Waals surface area (Å²) in [6, 6.07) is 0. The minimum atomic E-state index is -5.77. The molecular weight excluding hydrogens is 435 g/mol. The van der Waals surface area contributed by atoms with Crippen molar-refractivity contribution in [2.75, 3.05) is 0 Å². The van der Waals surface area contributed by atoms with E-state index in [0.717, 1.165) is 16.7 Å².